The molecule has 0 spiro atoms. The third-order valence-corrected chi connectivity index (χ3v) is 5.15. The lowest BCUT2D eigenvalue weighted by molar-refractivity contribution is -0.136. The van der Waals surface area contributed by atoms with Gasteiger partial charge >= 0.3 is 5.97 Å². The third kappa shape index (κ3) is 5.05. The van der Waals surface area contributed by atoms with Gasteiger partial charge in [0.25, 0.3) is 0 Å². The van der Waals surface area contributed by atoms with Crippen molar-refractivity contribution in [3.63, 3.8) is 0 Å². The molecule has 0 fully saturated rings. The van der Waals surface area contributed by atoms with Gasteiger partial charge < -0.3 is 15.4 Å². The second-order valence-electron chi connectivity index (χ2n) is 7.52. The van der Waals surface area contributed by atoms with Gasteiger partial charge in [0.1, 0.15) is 11.8 Å². The molecule has 1 aliphatic carbocycles. The molecule has 0 amide bonds. The molecule has 1 aliphatic rings. The molecule has 0 radical (unpaired) electrons. The first-order valence-corrected chi connectivity index (χ1v) is 9.79. The molecule has 0 heterocycles. The molecule has 2 rings (SSSR count). The van der Waals surface area contributed by atoms with E-state index in [2.05, 4.69) is 24.8 Å². The van der Waals surface area contributed by atoms with Crippen LogP contribution >= 0.6 is 0 Å². The number of fused-ring (bicyclic) bond motifs is 1. The van der Waals surface area contributed by atoms with Gasteiger partial charge in [0.15, 0.2) is 0 Å². The molecule has 0 saturated heterocycles. The summed E-state index contributed by atoms with van der Waals surface area (Å²) in [7, 11) is 0. The highest BCUT2D eigenvalue weighted by molar-refractivity contribution is 5.78. The highest BCUT2D eigenvalue weighted by atomic mass is 16.5. The lowest BCUT2D eigenvalue weighted by Crippen LogP contribution is -2.41. The topological polar surface area (TPSA) is 55.6 Å². The minimum atomic E-state index is -0.572. The Balaban J connectivity index is 2.13. The van der Waals surface area contributed by atoms with Crippen molar-refractivity contribution in [1.29, 1.82) is 0 Å². The summed E-state index contributed by atoms with van der Waals surface area (Å²) >= 11 is 0. The normalized spacial score (nSPS) is 18.3. The van der Waals surface area contributed by atoms with Gasteiger partial charge in [-0.25, -0.2) is 4.79 Å². The largest absolute Gasteiger partial charge is 0.425 e. The van der Waals surface area contributed by atoms with Crippen LogP contribution in [0.1, 0.15) is 58.1 Å². The zero-order chi connectivity index (χ0) is 18.4. The highest BCUT2D eigenvalue weighted by Crippen LogP contribution is 2.32. The number of benzene rings is 1. The first-order chi connectivity index (χ1) is 12.0. The number of hydrogen-bond acceptors (Lipinski definition) is 4. The molecule has 25 heavy (non-hydrogen) atoms. The molecule has 1 aromatic rings. The van der Waals surface area contributed by atoms with E-state index in [0.717, 1.165) is 32.4 Å². The van der Waals surface area contributed by atoms with Crippen molar-refractivity contribution in [3.8, 4) is 5.75 Å². The van der Waals surface area contributed by atoms with Crippen LogP contribution in [-0.2, 0) is 17.6 Å². The van der Waals surface area contributed by atoms with Gasteiger partial charge in [-0.2, -0.15) is 0 Å². The predicted octanol–water partition coefficient (Wildman–Crippen LogP) is 3.55. The van der Waals surface area contributed by atoms with Crippen LogP contribution in [0.15, 0.2) is 18.2 Å². The van der Waals surface area contributed by atoms with Crippen LogP contribution in [0, 0.1) is 5.92 Å². The maximum atomic E-state index is 12.2. The van der Waals surface area contributed by atoms with Gasteiger partial charge in [-0.1, -0.05) is 39.8 Å². The van der Waals surface area contributed by atoms with E-state index < -0.39 is 6.04 Å². The summed E-state index contributed by atoms with van der Waals surface area (Å²) in [4.78, 5) is 14.8. The van der Waals surface area contributed by atoms with E-state index in [0.29, 0.717) is 11.8 Å². The van der Waals surface area contributed by atoms with Gasteiger partial charge in [0.2, 0.25) is 0 Å². The number of carbonyl (C=O) groups excluding carboxylic acids is 1. The van der Waals surface area contributed by atoms with Crippen molar-refractivity contribution in [2.75, 3.05) is 13.1 Å². The van der Waals surface area contributed by atoms with Crippen molar-refractivity contribution in [1.82, 2.24) is 4.90 Å². The highest BCUT2D eigenvalue weighted by Gasteiger charge is 2.27. The molecular weight excluding hydrogens is 312 g/mol. The average Bonchev–Trinajstić information content (AvgIpc) is 2.60. The van der Waals surface area contributed by atoms with Crippen LogP contribution < -0.4 is 10.5 Å². The molecule has 4 nitrogen and oxygen atoms in total. The standard InChI is InChI=1S/C21H34N2O2/c1-5-12-23(13-6-2)17-10-11-18-16(14-17)8-7-9-19(18)25-21(24)20(22)15(3)4/h7-9,15,17,20H,5-6,10-14,22H2,1-4H3/t17?,20-/m0/s1. The fraction of sp³-hybridized carbons (Fsp3) is 0.667. The van der Waals surface area contributed by atoms with E-state index in [1.807, 2.05) is 26.0 Å². The quantitative estimate of drug-likeness (QED) is 0.578. The maximum Gasteiger partial charge on any atom is 0.328 e. The maximum absolute atomic E-state index is 12.2. The third-order valence-electron chi connectivity index (χ3n) is 5.15. The second kappa shape index (κ2) is 9.35. The van der Waals surface area contributed by atoms with E-state index in [4.69, 9.17) is 10.5 Å². The smallest absolute Gasteiger partial charge is 0.328 e. The molecule has 0 aliphatic heterocycles. The zero-order valence-electron chi connectivity index (χ0n) is 16.3. The van der Waals surface area contributed by atoms with Gasteiger partial charge in [-0.05, 0) is 68.3 Å². The Kier molecular flexibility index (Phi) is 7.45. The van der Waals surface area contributed by atoms with E-state index in [9.17, 15) is 4.79 Å². The predicted molar refractivity (Wildman–Crippen MR) is 103 cm³/mol. The van der Waals surface area contributed by atoms with Crippen LogP contribution in [0.4, 0.5) is 0 Å². The monoisotopic (exact) mass is 346 g/mol. The van der Waals surface area contributed by atoms with Crippen LogP contribution in [0.25, 0.3) is 0 Å². The van der Waals surface area contributed by atoms with E-state index >= 15 is 0 Å². The Hall–Kier alpha value is -1.39. The summed E-state index contributed by atoms with van der Waals surface area (Å²) in [5.74, 6) is 0.451. The molecule has 1 aromatic carbocycles. The minimum Gasteiger partial charge on any atom is -0.425 e. The summed E-state index contributed by atoms with van der Waals surface area (Å²) < 4.78 is 5.65. The Morgan fingerprint density at radius 1 is 1.28 bits per heavy atom. The Labute approximate surface area is 152 Å². The Morgan fingerprint density at radius 2 is 1.96 bits per heavy atom. The van der Waals surface area contributed by atoms with Gasteiger partial charge in [-0.3, -0.25) is 0 Å². The molecule has 2 N–H and O–H groups in total. The van der Waals surface area contributed by atoms with Crippen LogP contribution in [0.5, 0.6) is 5.75 Å². The summed E-state index contributed by atoms with van der Waals surface area (Å²) in [5, 5.41) is 0. The lowest BCUT2D eigenvalue weighted by atomic mass is 9.86. The number of hydrogen-bond donors (Lipinski definition) is 1. The lowest BCUT2D eigenvalue weighted by Gasteiger charge is -2.35. The summed E-state index contributed by atoms with van der Waals surface area (Å²) in [5.41, 5.74) is 8.44. The first-order valence-electron chi connectivity index (χ1n) is 9.79. The van der Waals surface area contributed by atoms with E-state index in [1.54, 1.807) is 0 Å². The molecule has 0 bridgehead atoms. The van der Waals surface area contributed by atoms with E-state index in [-0.39, 0.29) is 11.9 Å². The molecule has 4 heteroatoms. The fourth-order valence-corrected chi connectivity index (χ4v) is 3.66. The average molecular weight is 347 g/mol. The van der Waals surface area contributed by atoms with Gasteiger partial charge in [0.05, 0.1) is 0 Å². The minimum absolute atomic E-state index is 0.0769. The fourth-order valence-electron chi connectivity index (χ4n) is 3.66. The van der Waals surface area contributed by atoms with Crippen molar-refractivity contribution in [3.05, 3.63) is 29.3 Å². The number of carbonyl (C=O) groups is 1. The van der Waals surface area contributed by atoms with Crippen molar-refractivity contribution in [2.24, 2.45) is 11.7 Å². The van der Waals surface area contributed by atoms with Gasteiger partial charge in [0, 0.05) is 6.04 Å². The van der Waals surface area contributed by atoms with Gasteiger partial charge in [-0.15, -0.1) is 0 Å². The molecule has 140 valence electrons. The molecule has 1 unspecified atom stereocenters. The molecule has 0 saturated carbocycles. The summed E-state index contributed by atoms with van der Waals surface area (Å²) in [6, 6.07) is 6.10. The van der Waals surface area contributed by atoms with Crippen molar-refractivity contribution in [2.45, 2.75) is 71.9 Å². The number of nitrogens with zero attached hydrogens (tertiary/aromatic N) is 1. The number of ether oxygens (including phenoxy) is 1. The Morgan fingerprint density at radius 3 is 2.56 bits per heavy atom. The summed E-state index contributed by atoms with van der Waals surface area (Å²) in [6.07, 6.45) is 5.50. The van der Waals surface area contributed by atoms with Crippen LogP contribution in [0.2, 0.25) is 0 Å². The number of rotatable bonds is 8. The first kappa shape index (κ1) is 19.9. The molecule has 0 aromatic heterocycles. The summed E-state index contributed by atoms with van der Waals surface area (Å²) in [6.45, 7) is 10.7. The Bertz CT molecular complexity index is 565. The van der Waals surface area contributed by atoms with Crippen LogP contribution in [0.3, 0.4) is 0 Å². The van der Waals surface area contributed by atoms with Crippen LogP contribution in [-0.4, -0.2) is 36.0 Å². The number of nitrogens with two attached hydrogens (primary N) is 1. The zero-order valence-corrected chi connectivity index (χ0v) is 16.3. The van der Waals surface area contributed by atoms with E-state index in [1.165, 1.54) is 24.0 Å². The van der Waals surface area contributed by atoms with Crippen molar-refractivity contribution >= 4 is 5.97 Å². The molecular formula is C21H34N2O2. The van der Waals surface area contributed by atoms with Crippen molar-refractivity contribution < 1.29 is 9.53 Å². The second-order valence-corrected chi connectivity index (χ2v) is 7.52. The number of esters is 1. The molecule has 2 atom stereocenters. The SMILES string of the molecule is CCCN(CCC)C1CCc2c(cccc2OC(=O)[C@@H](N)C(C)C)C1.